The number of nitrogens with one attached hydrogen (secondary N) is 1. The van der Waals surface area contributed by atoms with Crippen molar-refractivity contribution in [2.45, 2.75) is 45.3 Å². The van der Waals surface area contributed by atoms with Crippen LogP contribution in [0.1, 0.15) is 50.3 Å². The number of nitrogens with zero attached hydrogens (tertiary/aromatic N) is 1. The quantitative estimate of drug-likeness (QED) is 0.878. The molecule has 3 atom stereocenters. The van der Waals surface area contributed by atoms with Crippen LogP contribution >= 0.6 is 0 Å². The van der Waals surface area contributed by atoms with E-state index in [-0.39, 0.29) is 24.0 Å². The first-order chi connectivity index (χ1) is 11.5. The van der Waals surface area contributed by atoms with Gasteiger partial charge >= 0.3 is 0 Å². The highest BCUT2D eigenvalue weighted by Crippen LogP contribution is 2.47. The summed E-state index contributed by atoms with van der Waals surface area (Å²) in [4.78, 5) is 16.7. The highest BCUT2D eigenvalue weighted by Gasteiger charge is 2.44. The summed E-state index contributed by atoms with van der Waals surface area (Å²) in [5, 5.41) is 3.10. The number of carbonyl (C=O) groups excluding carboxylic acids is 1. The van der Waals surface area contributed by atoms with Crippen molar-refractivity contribution >= 4 is 5.91 Å². The molecule has 1 N–H and O–H groups in total. The molecule has 4 nitrogen and oxygen atoms in total. The maximum Gasteiger partial charge on any atom is 0.224 e. The Kier molecular flexibility index (Phi) is 4.84. The minimum absolute atomic E-state index is 0.0601. The van der Waals surface area contributed by atoms with Gasteiger partial charge in [0.2, 0.25) is 11.8 Å². The van der Waals surface area contributed by atoms with Crippen molar-refractivity contribution in [1.82, 2.24) is 10.3 Å². The summed E-state index contributed by atoms with van der Waals surface area (Å²) < 4.78 is 5.54. The van der Waals surface area contributed by atoms with E-state index in [2.05, 4.69) is 22.4 Å². The first kappa shape index (κ1) is 16.5. The summed E-state index contributed by atoms with van der Waals surface area (Å²) in [6.07, 6.45) is 2.80. The molecule has 4 heteroatoms. The van der Waals surface area contributed by atoms with Crippen molar-refractivity contribution in [2.75, 3.05) is 0 Å². The van der Waals surface area contributed by atoms with E-state index >= 15 is 0 Å². The van der Waals surface area contributed by atoms with Gasteiger partial charge in [0, 0.05) is 18.2 Å². The van der Waals surface area contributed by atoms with Gasteiger partial charge in [0.25, 0.3) is 0 Å². The van der Waals surface area contributed by atoms with Crippen molar-refractivity contribution in [3.63, 3.8) is 0 Å². The second-order valence-electron chi connectivity index (χ2n) is 6.69. The number of ether oxygens (including phenoxy) is 1. The minimum atomic E-state index is -0.0601. The van der Waals surface area contributed by atoms with E-state index in [1.54, 1.807) is 6.20 Å². The van der Waals surface area contributed by atoms with Gasteiger partial charge in [0.05, 0.1) is 12.1 Å². The van der Waals surface area contributed by atoms with Crippen molar-refractivity contribution in [3.8, 4) is 5.88 Å². The summed E-state index contributed by atoms with van der Waals surface area (Å²) in [5.74, 6) is 1.18. The molecule has 126 valence electrons. The standard InChI is InChI=1S/C20H24N2O2/c1-13(2)24-19-10-9-16(12-21-19)14(3)22-20(23)18-11-17(18)15-7-5-4-6-8-15/h4-10,12-14,17-18H,11H2,1-3H3,(H,22,23)/t14-,17+,18-/m0/s1. The maximum atomic E-state index is 12.4. The topological polar surface area (TPSA) is 51.2 Å². The number of benzene rings is 1. The third-order valence-electron chi connectivity index (χ3n) is 4.33. The predicted octanol–water partition coefficient (Wildman–Crippen LogP) is 3.85. The smallest absolute Gasteiger partial charge is 0.224 e. The van der Waals surface area contributed by atoms with Crippen LogP contribution in [0.25, 0.3) is 0 Å². The molecule has 1 aliphatic carbocycles. The maximum absolute atomic E-state index is 12.4. The molecular weight excluding hydrogens is 300 g/mol. The summed E-state index contributed by atoms with van der Waals surface area (Å²) in [5.41, 5.74) is 2.23. The summed E-state index contributed by atoms with van der Waals surface area (Å²) in [6.45, 7) is 5.92. The number of rotatable bonds is 6. The van der Waals surface area contributed by atoms with Crippen LogP contribution in [0.4, 0.5) is 0 Å². The number of carbonyl (C=O) groups is 1. The number of hydrogen-bond donors (Lipinski definition) is 1. The van der Waals surface area contributed by atoms with Crippen LogP contribution < -0.4 is 10.1 Å². The van der Waals surface area contributed by atoms with Gasteiger partial charge in [-0.3, -0.25) is 4.79 Å². The van der Waals surface area contributed by atoms with E-state index in [4.69, 9.17) is 4.74 Å². The second-order valence-corrected chi connectivity index (χ2v) is 6.69. The number of hydrogen-bond acceptors (Lipinski definition) is 3. The predicted molar refractivity (Wildman–Crippen MR) is 93.8 cm³/mol. The van der Waals surface area contributed by atoms with E-state index < -0.39 is 0 Å². The normalized spacial score (nSPS) is 20.5. The Hall–Kier alpha value is -2.36. The largest absolute Gasteiger partial charge is 0.475 e. The molecule has 0 spiro atoms. The van der Waals surface area contributed by atoms with Gasteiger partial charge in [0.1, 0.15) is 0 Å². The Labute approximate surface area is 143 Å². The van der Waals surface area contributed by atoms with Crippen LogP contribution in [0.15, 0.2) is 48.7 Å². The molecule has 24 heavy (non-hydrogen) atoms. The summed E-state index contributed by atoms with van der Waals surface area (Å²) in [6, 6.07) is 14.0. The van der Waals surface area contributed by atoms with Crippen LogP contribution in [-0.4, -0.2) is 17.0 Å². The van der Waals surface area contributed by atoms with Crippen molar-refractivity contribution in [3.05, 3.63) is 59.8 Å². The molecule has 0 saturated heterocycles. The van der Waals surface area contributed by atoms with E-state index in [9.17, 15) is 4.79 Å². The average Bonchev–Trinajstić information content (AvgIpc) is 3.36. The van der Waals surface area contributed by atoms with Crippen molar-refractivity contribution in [1.29, 1.82) is 0 Å². The lowest BCUT2D eigenvalue weighted by molar-refractivity contribution is -0.123. The highest BCUT2D eigenvalue weighted by molar-refractivity contribution is 5.83. The van der Waals surface area contributed by atoms with Crippen LogP contribution in [-0.2, 0) is 4.79 Å². The van der Waals surface area contributed by atoms with Crippen LogP contribution in [0.5, 0.6) is 5.88 Å². The molecular formula is C20H24N2O2. The van der Waals surface area contributed by atoms with E-state index in [1.165, 1.54) is 5.56 Å². The van der Waals surface area contributed by atoms with Gasteiger partial charge in [-0.15, -0.1) is 0 Å². The Bertz CT molecular complexity index is 683. The molecule has 1 amide bonds. The van der Waals surface area contributed by atoms with Gasteiger partial charge < -0.3 is 10.1 Å². The van der Waals surface area contributed by atoms with Crippen LogP contribution in [0.2, 0.25) is 0 Å². The lowest BCUT2D eigenvalue weighted by Gasteiger charge is -2.15. The molecule has 0 unspecified atom stereocenters. The fourth-order valence-corrected chi connectivity index (χ4v) is 2.92. The third-order valence-corrected chi connectivity index (χ3v) is 4.33. The molecule has 0 radical (unpaired) electrons. The van der Waals surface area contributed by atoms with Gasteiger partial charge in [-0.2, -0.15) is 0 Å². The summed E-state index contributed by atoms with van der Waals surface area (Å²) in [7, 11) is 0. The fourth-order valence-electron chi connectivity index (χ4n) is 2.92. The van der Waals surface area contributed by atoms with Gasteiger partial charge in [-0.1, -0.05) is 36.4 Å². The second kappa shape index (κ2) is 7.04. The highest BCUT2D eigenvalue weighted by atomic mass is 16.5. The zero-order valence-corrected chi connectivity index (χ0v) is 14.4. The molecule has 1 aromatic heterocycles. The fraction of sp³-hybridized carbons (Fsp3) is 0.400. The Morgan fingerprint density at radius 3 is 2.54 bits per heavy atom. The molecule has 2 aromatic rings. The number of aromatic nitrogens is 1. The van der Waals surface area contributed by atoms with E-state index in [0.717, 1.165) is 12.0 Å². The molecule has 1 heterocycles. The molecule has 0 aliphatic heterocycles. The molecule has 1 saturated carbocycles. The van der Waals surface area contributed by atoms with Crippen LogP contribution in [0.3, 0.4) is 0 Å². The van der Waals surface area contributed by atoms with Crippen molar-refractivity contribution in [2.24, 2.45) is 5.92 Å². The Morgan fingerprint density at radius 1 is 1.17 bits per heavy atom. The first-order valence-electron chi connectivity index (χ1n) is 8.52. The van der Waals surface area contributed by atoms with Gasteiger partial charge in [0.15, 0.2) is 0 Å². The summed E-state index contributed by atoms with van der Waals surface area (Å²) >= 11 is 0. The molecule has 1 aliphatic rings. The molecule has 1 aromatic carbocycles. The Balaban J connectivity index is 1.55. The zero-order valence-electron chi connectivity index (χ0n) is 14.4. The third kappa shape index (κ3) is 3.94. The SMILES string of the molecule is CC(C)Oc1ccc([C@H](C)NC(=O)[C@H]2C[C@@H]2c2ccccc2)cn1. The van der Waals surface area contributed by atoms with E-state index in [1.807, 2.05) is 51.1 Å². The molecule has 0 bridgehead atoms. The van der Waals surface area contributed by atoms with Gasteiger partial charge in [-0.05, 0) is 44.2 Å². The number of amides is 1. The lowest BCUT2D eigenvalue weighted by atomic mass is 10.1. The van der Waals surface area contributed by atoms with Gasteiger partial charge in [-0.25, -0.2) is 4.98 Å². The van der Waals surface area contributed by atoms with Crippen LogP contribution in [0, 0.1) is 5.92 Å². The molecule has 1 fully saturated rings. The average molecular weight is 324 g/mol. The first-order valence-corrected chi connectivity index (χ1v) is 8.52. The lowest BCUT2D eigenvalue weighted by Crippen LogP contribution is -2.28. The Morgan fingerprint density at radius 2 is 1.92 bits per heavy atom. The number of pyridine rings is 1. The van der Waals surface area contributed by atoms with Crippen molar-refractivity contribution < 1.29 is 9.53 Å². The minimum Gasteiger partial charge on any atom is -0.475 e. The van der Waals surface area contributed by atoms with E-state index in [0.29, 0.717) is 11.8 Å². The molecule has 3 rings (SSSR count). The monoisotopic (exact) mass is 324 g/mol. The zero-order chi connectivity index (χ0) is 17.1.